The van der Waals surface area contributed by atoms with Crippen LogP contribution in [0, 0.1) is 12.3 Å². The lowest BCUT2D eigenvalue weighted by Gasteiger charge is -2.40. The molecule has 2 heteroatoms. The molecule has 1 aromatic rings. The molecule has 1 saturated heterocycles. The van der Waals surface area contributed by atoms with E-state index in [1.165, 1.54) is 49.2 Å². The van der Waals surface area contributed by atoms with Gasteiger partial charge >= 0.3 is 0 Å². The molecule has 100 valence electrons. The minimum absolute atomic E-state index is 0.557. The summed E-state index contributed by atoms with van der Waals surface area (Å²) in [6.45, 7) is 9.95. The van der Waals surface area contributed by atoms with Crippen LogP contribution in [0.5, 0.6) is 0 Å². The number of benzene rings is 1. The van der Waals surface area contributed by atoms with Crippen LogP contribution in [0.4, 0.5) is 5.69 Å². The normalized spacial score (nSPS) is 19.0. The molecule has 1 aliphatic rings. The number of piperidine rings is 1. The standard InChI is InChI=1S/C16H26N2/c1-4-16(3)7-9-18(10-8-16)15-6-5-14(12-17)11-13(15)2/h5-6,11H,4,7-10,12,17H2,1-3H3. The van der Waals surface area contributed by atoms with Crippen LogP contribution >= 0.6 is 0 Å². The Bertz CT molecular complexity index is 404. The molecular formula is C16H26N2. The number of rotatable bonds is 3. The lowest BCUT2D eigenvalue weighted by Crippen LogP contribution is -2.38. The Kier molecular flexibility index (Phi) is 3.96. The second kappa shape index (κ2) is 5.31. The van der Waals surface area contributed by atoms with Crippen LogP contribution in [-0.4, -0.2) is 13.1 Å². The second-order valence-corrected chi connectivity index (χ2v) is 5.98. The minimum atomic E-state index is 0.557. The Morgan fingerprint density at radius 3 is 2.44 bits per heavy atom. The first-order valence-corrected chi connectivity index (χ1v) is 7.12. The Morgan fingerprint density at radius 2 is 1.94 bits per heavy atom. The van der Waals surface area contributed by atoms with Crippen LogP contribution in [0.25, 0.3) is 0 Å². The predicted molar refractivity (Wildman–Crippen MR) is 78.9 cm³/mol. The van der Waals surface area contributed by atoms with Crippen molar-refractivity contribution < 1.29 is 0 Å². The van der Waals surface area contributed by atoms with Gasteiger partial charge in [0.25, 0.3) is 0 Å². The first-order chi connectivity index (χ1) is 8.58. The van der Waals surface area contributed by atoms with E-state index in [2.05, 4.69) is 43.9 Å². The number of anilines is 1. The molecule has 1 aliphatic heterocycles. The topological polar surface area (TPSA) is 29.3 Å². The third-order valence-corrected chi connectivity index (χ3v) is 4.66. The number of nitrogens with two attached hydrogens (primary N) is 1. The van der Waals surface area contributed by atoms with Crippen molar-refractivity contribution >= 4 is 5.69 Å². The van der Waals surface area contributed by atoms with Gasteiger partial charge in [0.15, 0.2) is 0 Å². The minimum Gasteiger partial charge on any atom is -0.371 e. The van der Waals surface area contributed by atoms with Gasteiger partial charge in [-0.25, -0.2) is 0 Å². The van der Waals surface area contributed by atoms with Crippen LogP contribution in [0.1, 0.15) is 44.2 Å². The highest BCUT2D eigenvalue weighted by atomic mass is 15.1. The van der Waals surface area contributed by atoms with Gasteiger partial charge in [0, 0.05) is 25.3 Å². The zero-order valence-electron chi connectivity index (χ0n) is 12.0. The lowest BCUT2D eigenvalue weighted by molar-refractivity contribution is 0.238. The molecule has 0 radical (unpaired) electrons. The summed E-state index contributed by atoms with van der Waals surface area (Å²) in [5.41, 5.74) is 10.2. The summed E-state index contributed by atoms with van der Waals surface area (Å²) in [6, 6.07) is 6.63. The van der Waals surface area contributed by atoms with E-state index < -0.39 is 0 Å². The molecule has 2 nitrogen and oxygen atoms in total. The van der Waals surface area contributed by atoms with Crippen molar-refractivity contribution in [1.82, 2.24) is 0 Å². The molecule has 18 heavy (non-hydrogen) atoms. The van der Waals surface area contributed by atoms with Crippen molar-refractivity contribution in [2.24, 2.45) is 11.1 Å². The Balaban J connectivity index is 2.10. The smallest absolute Gasteiger partial charge is 0.0396 e. The average Bonchev–Trinajstić information content (AvgIpc) is 2.40. The maximum absolute atomic E-state index is 5.69. The maximum atomic E-state index is 5.69. The number of nitrogens with zero attached hydrogens (tertiary/aromatic N) is 1. The van der Waals surface area contributed by atoms with Crippen LogP contribution in [0.2, 0.25) is 0 Å². The monoisotopic (exact) mass is 246 g/mol. The second-order valence-electron chi connectivity index (χ2n) is 5.98. The Labute approximate surface area is 111 Å². The van der Waals surface area contributed by atoms with Crippen molar-refractivity contribution in [3.05, 3.63) is 29.3 Å². The number of hydrogen-bond acceptors (Lipinski definition) is 2. The van der Waals surface area contributed by atoms with E-state index >= 15 is 0 Å². The molecule has 1 aromatic carbocycles. The molecule has 2 rings (SSSR count). The summed E-state index contributed by atoms with van der Waals surface area (Å²) >= 11 is 0. The third kappa shape index (κ3) is 2.69. The van der Waals surface area contributed by atoms with E-state index in [0.29, 0.717) is 12.0 Å². The molecule has 0 spiro atoms. The van der Waals surface area contributed by atoms with Crippen LogP contribution in [0.15, 0.2) is 18.2 Å². The molecule has 0 aromatic heterocycles. The maximum Gasteiger partial charge on any atom is 0.0396 e. The average molecular weight is 246 g/mol. The molecular weight excluding hydrogens is 220 g/mol. The molecule has 0 aliphatic carbocycles. The van der Waals surface area contributed by atoms with Gasteiger partial charge in [-0.3, -0.25) is 0 Å². The van der Waals surface area contributed by atoms with Gasteiger partial charge in [0.2, 0.25) is 0 Å². The Hall–Kier alpha value is -1.02. The number of hydrogen-bond donors (Lipinski definition) is 1. The van der Waals surface area contributed by atoms with E-state index in [1.54, 1.807) is 0 Å². The molecule has 0 atom stereocenters. The van der Waals surface area contributed by atoms with E-state index in [0.717, 1.165) is 0 Å². The van der Waals surface area contributed by atoms with Gasteiger partial charge in [-0.15, -0.1) is 0 Å². The predicted octanol–water partition coefficient (Wildman–Crippen LogP) is 3.47. The highest BCUT2D eigenvalue weighted by molar-refractivity contribution is 5.54. The van der Waals surface area contributed by atoms with E-state index in [-0.39, 0.29) is 0 Å². The van der Waals surface area contributed by atoms with Gasteiger partial charge in [-0.1, -0.05) is 32.4 Å². The quantitative estimate of drug-likeness (QED) is 0.885. The van der Waals surface area contributed by atoms with Gasteiger partial charge in [0.05, 0.1) is 0 Å². The summed E-state index contributed by atoms with van der Waals surface area (Å²) in [7, 11) is 0. The number of aryl methyl sites for hydroxylation is 1. The summed E-state index contributed by atoms with van der Waals surface area (Å²) in [5, 5.41) is 0. The van der Waals surface area contributed by atoms with Gasteiger partial charge < -0.3 is 10.6 Å². The van der Waals surface area contributed by atoms with Crippen molar-refractivity contribution in [3.8, 4) is 0 Å². The first-order valence-electron chi connectivity index (χ1n) is 7.12. The Morgan fingerprint density at radius 1 is 1.28 bits per heavy atom. The van der Waals surface area contributed by atoms with Crippen LogP contribution in [-0.2, 0) is 6.54 Å². The van der Waals surface area contributed by atoms with E-state index in [9.17, 15) is 0 Å². The van der Waals surface area contributed by atoms with Crippen molar-refractivity contribution in [2.45, 2.75) is 46.6 Å². The van der Waals surface area contributed by atoms with Crippen molar-refractivity contribution in [1.29, 1.82) is 0 Å². The molecule has 1 fully saturated rings. The first kappa shape index (κ1) is 13.4. The van der Waals surface area contributed by atoms with Crippen molar-refractivity contribution in [2.75, 3.05) is 18.0 Å². The summed E-state index contributed by atoms with van der Waals surface area (Å²) in [5.74, 6) is 0. The molecule has 0 amide bonds. The molecule has 2 N–H and O–H groups in total. The fraction of sp³-hybridized carbons (Fsp3) is 0.625. The van der Waals surface area contributed by atoms with E-state index in [4.69, 9.17) is 5.73 Å². The van der Waals surface area contributed by atoms with Crippen LogP contribution in [0.3, 0.4) is 0 Å². The highest BCUT2D eigenvalue weighted by Crippen LogP contribution is 2.36. The van der Waals surface area contributed by atoms with Crippen molar-refractivity contribution in [3.63, 3.8) is 0 Å². The highest BCUT2D eigenvalue weighted by Gasteiger charge is 2.28. The SMILES string of the molecule is CCC1(C)CCN(c2ccc(CN)cc2C)CC1. The molecule has 1 heterocycles. The fourth-order valence-corrected chi connectivity index (χ4v) is 2.84. The van der Waals surface area contributed by atoms with Crippen LogP contribution < -0.4 is 10.6 Å². The summed E-state index contributed by atoms with van der Waals surface area (Å²) in [4.78, 5) is 2.53. The third-order valence-electron chi connectivity index (χ3n) is 4.66. The zero-order valence-corrected chi connectivity index (χ0v) is 12.0. The lowest BCUT2D eigenvalue weighted by atomic mass is 9.78. The summed E-state index contributed by atoms with van der Waals surface area (Å²) < 4.78 is 0. The van der Waals surface area contributed by atoms with E-state index in [1.807, 2.05) is 0 Å². The molecule has 0 bridgehead atoms. The largest absolute Gasteiger partial charge is 0.371 e. The summed E-state index contributed by atoms with van der Waals surface area (Å²) in [6.07, 6.45) is 3.91. The van der Waals surface area contributed by atoms with Gasteiger partial charge in [-0.05, 0) is 42.4 Å². The molecule has 0 unspecified atom stereocenters. The van der Waals surface area contributed by atoms with Gasteiger partial charge in [-0.2, -0.15) is 0 Å². The van der Waals surface area contributed by atoms with Gasteiger partial charge in [0.1, 0.15) is 0 Å². The molecule has 0 saturated carbocycles. The fourth-order valence-electron chi connectivity index (χ4n) is 2.84. The zero-order chi connectivity index (χ0) is 13.2.